The fraction of sp³-hybridized carbons (Fsp3) is 0.368. The molecule has 1 amide bonds. The molecule has 10 heteroatoms. The van der Waals surface area contributed by atoms with Gasteiger partial charge >= 0.3 is 6.18 Å². The van der Waals surface area contributed by atoms with Crippen LogP contribution in [0.25, 0.3) is 0 Å². The van der Waals surface area contributed by atoms with Crippen LogP contribution in [-0.4, -0.2) is 34.4 Å². The molecule has 0 aliphatic heterocycles. The number of alkyl halides is 3. The minimum absolute atomic E-state index is 0.0963. The highest BCUT2D eigenvalue weighted by Gasteiger charge is 2.30. The first-order valence-corrected chi connectivity index (χ1v) is 8.81. The zero-order chi connectivity index (χ0) is 21.0. The van der Waals surface area contributed by atoms with Gasteiger partial charge in [-0.15, -0.1) is 0 Å². The van der Waals surface area contributed by atoms with Crippen molar-refractivity contribution in [2.75, 3.05) is 6.61 Å². The van der Waals surface area contributed by atoms with Crippen LogP contribution in [0.5, 0.6) is 5.88 Å². The SMILES string of the molecule is O=C(NCc1cnc(OCC(F)(F)F)c(F)c1)c1ccnc(CC(=O)C2CC2)c1. The molecule has 154 valence electrons. The van der Waals surface area contributed by atoms with Gasteiger partial charge in [-0.1, -0.05) is 0 Å². The first-order chi connectivity index (χ1) is 13.7. The van der Waals surface area contributed by atoms with E-state index in [9.17, 15) is 27.2 Å². The Morgan fingerprint density at radius 2 is 1.97 bits per heavy atom. The molecule has 1 saturated carbocycles. The maximum absolute atomic E-state index is 13.8. The van der Waals surface area contributed by atoms with E-state index in [0.717, 1.165) is 25.1 Å². The molecule has 29 heavy (non-hydrogen) atoms. The molecule has 0 bridgehead atoms. The zero-order valence-corrected chi connectivity index (χ0v) is 15.1. The Kier molecular flexibility index (Phi) is 6.09. The summed E-state index contributed by atoms with van der Waals surface area (Å²) >= 11 is 0. The molecule has 2 heterocycles. The van der Waals surface area contributed by atoms with Crippen molar-refractivity contribution in [1.82, 2.24) is 15.3 Å². The van der Waals surface area contributed by atoms with E-state index in [-0.39, 0.29) is 35.8 Å². The van der Waals surface area contributed by atoms with Crippen LogP contribution in [0.15, 0.2) is 30.6 Å². The third-order valence-electron chi connectivity index (χ3n) is 4.16. The highest BCUT2D eigenvalue weighted by atomic mass is 19.4. The summed E-state index contributed by atoms with van der Waals surface area (Å²) in [5, 5.41) is 2.55. The fourth-order valence-corrected chi connectivity index (χ4v) is 2.55. The molecule has 0 spiro atoms. The summed E-state index contributed by atoms with van der Waals surface area (Å²) in [6.07, 6.45) is -0.110. The third kappa shape index (κ3) is 6.23. The zero-order valence-electron chi connectivity index (χ0n) is 15.1. The highest BCUT2D eigenvalue weighted by molar-refractivity contribution is 5.94. The molecule has 3 rings (SSSR count). The lowest BCUT2D eigenvalue weighted by atomic mass is 10.1. The van der Waals surface area contributed by atoms with Gasteiger partial charge in [-0.05, 0) is 36.6 Å². The molecular formula is C19H17F4N3O3. The van der Waals surface area contributed by atoms with Crippen molar-refractivity contribution in [3.05, 3.63) is 53.2 Å². The van der Waals surface area contributed by atoms with Gasteiger partial charge in [0.1, 0.15) is 5.78 Å². The number of aromatic nitrogens is 2. The average Bonchev–Trinajstić information content (AvgIpc) is 3.50. The molecule has 0 radical (unpaired) electrons. The van der Waals surface area contributed by atoms with E-state index in [1.54, 1.807) is 0 Å². The van der Waals surface area contributed by atoms with Crippen molar-refractivity contribution in [1.29, 1.82) is 0 Å². The van der Waals surface area contributed by atoms with Crippen LogP contribution < -0.4 is 10.1 Å². The van der Waals surface area contributed by atoms with Crippen molar-refractivity contribution >= 4 is 11.7 Å². The number of hydrogen-bond donors (Lipinski definition) is 1. The minimum Gasteiger partial charge on any atom is -0.466 e. The van der Waals surface area contributed by atoms with Crippen LogP contribution in [0.1, 0.15) is 34.5 Å². The summed E-state index contributed by atoms with van der Waals surface area (Å²) in [5.74, 6) is -2.10. The summed E-state index contributed by atoms with van der Waals surface area (Å²) in [6, 6.07) is 3.93. The second-order valence-corrected chi connectivity index (χ2v) is 6.67. The second kappa shape index (κ2) is 8.54. The van der Waals surface area contributed by atoms with Crippen molar-refractivity contribution in [3.63, 3.8) is 0 Å². The smallest absolute Gasteiger partial charge is 0.422 e. The van der Waals surface area contributed by atoms with Crippen LogP contribution in [-0.2, 0) is 17.8 Å². The van der Waals surface area contributed by atoms with Gasteiger partial charge in [0.05, 0.1) is 0 Å². The topological polar surface area (TPSA) is 81.2 Å². The Morgan fingerprint density at radius 1 is 1.21 bits per heavy atom. The number of carbonyl (C=O) groups is 2. The van der Waals surface area contributed by atoms with Crippen LogP contribution in [0.4, 0.5) is 17.6 Å². The minimum atomic E-state index is -4.60. The lowest BCUT2D eigenvalue weighted by Gasteiger charge is -2.10. The maximum Gasteiger partial charge on any atom is 0.422 e. The molecule has 2 aromatic heterocycles. The second-order valence-electron chi connectivity index (χ2n) is 6.67. The predicted molar refractivity (Wildman–Crippen MR) is 92.6 cm³/mol. The van der Waals surface area contributed by atoms with Gasteiger partial charge in [-0.3, -0.25) is 14.6 Å². The van der Waals surface area contributed by atoms with E-state index in [0.29, 0.717) is 5.69 Å². The number of ether oxygens (including phenoxy) is 1. The lowest BCUT2D eigenvalue weighted by molar-refractivity contribution is -0.154. The molecule has 0 atom stereocenters. The van der Waals surface area contributed by atoms with Crippen molar-refractivity contribution in [2.45, 2.75) is 32.0 Å². The molecular weight excluding hydrogens is 394 g/mol. The van der Waals surface area contributed by atoms with Crippen LogP contribution in [0, 0.1) is 11.7 Å². The van der Waals surface area contributed by atoms with Gasteiger partial charge in [0.2, 0.25) is 0 Å². The van der Waals surface area contributed by atoms with E-state index in [1.165, 1.54) is 18.3 Å². The van der Waals surface area contributed by atoms with E-state index < -0.39 is 30.4 Å². The number of rotatable bonds is 8. The Labute approximate surface area is 163 Å². The standard InChI is InChI=1S/C19H17F4N3O3/c20-15-5-11(9-26-18(15)29-10-19(21,22)23)8-25-17(28)13-3-4-24-14(6-13)7-16(27)12-1-2-12/h3-6,9,12H,1-2,7-8,10H2,(H,25,28). The van der Waals surface area contributed by atoms with Crippen molar-refractivity contribution in [3.8, 4) is 5.88 Å². The monoisotopic (exact) mass is 411 g/mol. The number of halogens is 4. The molecule has 1 aliphatic carbocycles. The first kappa shape index (κ1) is 20.7. The van der Waals surface area contributed by atoms with E-state index in [2.05, 4.69) is 20.0 Å². The van der Waals surface area contributed by atoms with Crippen LogP contribution in [0.3, 0.4) is 0 Å². The Morgan fingerprint density at radius 3 is 2.62 bits per heavy atom. The summed E-state index contributed by atoms with van der Waals surface area (Å²) in [6.45, 7) is -1.75. The Hall–Kier alpha value is -3.04. The summed E-state index contributed by atoms with van der Waals surface area (Å²) in [4.78, 5) is 31.7. The van der Waals surface area contributed by atoms with Gasteiger partial charge in [-0.2, -0.15) is 13.2 Å². The number of ketones is 1. The molecule has 0 aromatic carbocycles. The lowest BCUT2D eigenvalue weighted by Crippen LogP contribution is -2.23. The molecule has 0 unspecified atom stereocenters. The van der Waals surface area contributed by atoms with Gasteiger partial charge in [-0.25, -0.2) is 9.37 Å². The molecule has 1 aliphatic rings. The van der Waals surface area contributed by atoms with Gasteiger partial charge < -0.3 is 10.1 Å². The van der Waals surface area contributed by atoms with E-state index in [1.807, 2.05) is 0 Å². The van der Waals surface area contributed by atoms with E-state index in [4.69, 9.17) is 0 Å². The number of Topliss-reactive ketones (excluding diaryl/α,β-unsaturated/α-hetero) is 1. The average molecular weight is 411 g/mol. The van der Waals surface area contributed by atoms with Gasteiger partial charge in [0, 0.05) is 42.5 Å². The number of hydrogen-bond acceptors (Lipinski definition) is 5. The number of pyridine rings is 2. The normalized spacial score (nSPS) is 13.8. The molecule has 1 N–H and O–H groups in total. The first-order valence-electron chi connectivity index (χ1n) is 8.81. The van der Waals surface area contributed by atoms with Crippen molar-refractivity contribution < 1.29 is 31.9 Å². The van der Waals surface area contributed by atoms with Gasteiger partial charge in [0.15, 0.2) is 12.4 Å². The van der Waals surface area contributed by atoms with Crippen LogP contribution >= 0.6 is 0 Å². The molecule has 6 nitrogen and oxygen atoms in total. The molecule has 2 aromatic rings. The quantitative estimate of drug-likeness (QED) is 0.676. The number of amides is 1. The predicted octanol–water partition coefficient (Wildman–Crippen LogP) is 3.01. The highest BCUT2D eigenvalue weighted by Crippen LogP contribution is 2.30. The summed E-state index contributed by atoms with van der Waals surface area (Å²) in [7, 11) is 0. The number of carbonyl (C=O) groups excluding carboxylic acids is 2. The third-order valence-corrected chi connectivity index (χ3v) is 4.16. The fourth-order valence-electron chi connectivity index (χ4n) is 2.55. The Balaban J connectivity index is 1.56. The number of nitrogens with zero attached hydrogens (tertiary/aromatic N) is 2. The summed E-state index contributed by atoms with van der Waals surface area (Å²) in [5.41, 5.74) is 1.03. The maximum atomic E-state index is 13.8. The number of nitrogens with one attached hydrogen (secondary N) is 1. The van der Waals surface area contributed by atoms with Crippen molar-refractivity contribution in [2.24, 2.45) is 5.92 Å². The van der Waals surface area contributed by atoms with Crippen LogP contribution in [0.2, 0.25) is 0 Å². The summed E-state index contributed by atoms with van der Waals surface area (Å²) < 4.78 is 54.4. The molecule has 0 saturated heterocycles. The molecule has 1 fully saturated rings. The van der Waals surface area contributed by atoms with E-state index >= 15 is 0 Å². The largest absolute Gasteiger partial charge is 0.466 e. The Bertz CT molecular complexity index is 914. The van der Waals surface area contributed by atoms with Gasteiger partial charge in [0.25, 0.3) is 11.8 Å².